The van der Waals surface area contributed by atoms with E-state index < -0.39 is 0 Å². The number of ether oxygens (including phenoxy) is 2. The van der Waals surface area contributed by atoms with E-state index in [9.17, 15) is 0 Å². The number of nitrogens with one attached hydrogen (secondary N) is 1. The average molecular weight is 425 g/mol. The van der Waals surface area contributed by atoms with Crippen molar-refractivity contribution in [3.8, 4) is 0 Å². The molecule has 8 heteroatoms. The zero-order valence-electron chi connectivity index (χ0n) is 18.7. The molecule has 0 radical (unpaired) electrons. The Bertz CT molecular complexity index is 901. The fourth-order valence-corrected chi connectivity index (χ4v) is 4.22. The Morgan fingerprint density at radius 1 is 1.13 bits per heavy atom. The van der Waals surface area contributed by atoms with Gasteiger partial charge in [0.25, 0.3) is 0 Å². The molecule has 3 aliphatic rings. The molecule has 31 heavy (non-hydrogen) atoms. The zero-order chi connectivity index (χ0) is 21.6. The highest BCUT2D eigenvalue weighted by Gasteiger charge is 2.32. The van der Waals surface area contributed by atoms with E-state index in [2.05, 4.69) is 30.2 Å². The second-order valence-corrected chi connectivity index (χ2v) is 8.21. The molecule has 0 amide bonds. The van der Waals surface area contributed by atoms with Gasteiger partial charge in [-0.2, -0.15) is 0 Å². The van der Waals surface area contributed by atoms with Crippen LogP contribution in [-0.2, 0) is 9.47 Å². The van der Waals surface area contributed by atoms with Gasteiger partial charge in [0, 0.05) is 6.54 Å². The minimum Gasteiger partial charge on any atom is -0.493 e. The minimum atomic E-state index is -0.0809. The molecule has 8 nitrogen and oxygen atoms in total. The van der Waals surface area contributed by atoms with Gasteiger partial charge in [0.2, 0.25) is 0 Å². The van der Waals surface area contributed by atoms with E-state index in [1.807, 2.05) is 26.0 Å². The Morgan fingerprint density at radius 3 is 2.74 bits per heavy atom. The summed E-state index contributed by atoms with van der Waals surface area (Å²) in [6.45, 7) is 8.02. The third kappa shape index (κ3) is 5.31. The molecule has 166 valence electrons. The van der Waals surface area contributed by atoms with Crippen molar-refractivity contribution in [3.05, 3.63) is 41.4 Å². The van der Waals surface area contributed by atoms with Crippen LogP contribution in [0.3, 0.4) is 0 Å². The first kappa shape index (κ1) is 21.5. The predicted octanol–water partition coefficient (Wildman–Crippen LogP) is 3.25. The molecule has 1 aliphatic carbocycles. The van der Waals surface area contributed by atoms with Crippen molar-refractivity contribution in [2.45, 2.75) is 45.6 Å². The quantitative estimate of drug-likeness (QED) is 0.677. The standard InChI is InChI=1S/C23H32N6O2/c1-16-20(14-24-17(2)27-16)28-23-18-12-21(30-3)22(13-19(18)25-15-26-23)31-11-7-10-29-8-5-4-6-9-29/h12-15,18-19H,4-11H2,1-3H3,(H,25,26,28). The average Bonchev–Trinajstić information content (AvgIpc) is 2.79. The minimum absolute atomic E-state index is 0.0543. The molecule has 1 aromatic heterocycles. The van der Waals surface area contributed by atoms with Crippen molar-refractivity contribution in [2.75, 3.05) is 38.7 Å². The maximum Gasteiger partial charge on any atom is 0.159 e. The fraction of sp³-hybridized carbons (Fsp3) is 0.565. The van der Waals surface area contributed by atoms with E-state index in [-0.39, 0.29) is 12.0 Å². The number of fused-ring (bicyclic) bond motifs is 1. The van der Waals surface area contributed by atoms with E-state index in [0.29, 0.717) is 6.61 Å². The van der Waals surface area contributed by atoms with Crippen molar-refractivity contribution in [3.63, 3.8) is 0 Å². The molecule has 1 saturated heterocycles. The summed E-state index contributed by atoms with van der Waals surface area (Å²) < 4.78 is 11.7. The summed E-state index contributed by atoms with van der Waals surface area (Å²) in [5.74, 6) is 2.97. The molecule has 0 bridgehead atoms. The summed E-state index contributed by atoms with van der Waals surface area (Å²) in [5, 5.41) is 3.38. The zero-order valence-corrected chi connectivity index (χ0v) is 18.7. The Hall–Kier alpha value is -2.74. The van der Waals surface area contributed by atoms with Gasteiger partial charge in [-0.05, 0) is 58.4 Å². The monoisotopic (exact) mass is 424 g/mol. The van der Waals surface area contributed by atoms with Crippen molar-refractivity contribution in [2.24, 2.45) is 15.9 Å². The van der Waals surface area contributed by atoms with E-state index in [1.54, 1.807) is 19.6 Å². The molecule has 2 atom stereocenters. The molecular formula is C23H32N6O2. The van der Waals surface area contributed by atoms with Crippen molar-refractivity contribution >= 4 is 17.9 Å². The number of piperidine rings is 1. The van der Waals surface area contributed by atoms with Crippen LogP contribution in [0.15, 0.2) is 39.9 Å². The van der Waals surface area contributed by atoms with Crippen molar-refractivity contribution < 1.29 is 9.47 Å². The smallest absolute Gasteiger partial charge is 0.159 e. The van der Waals surface area contributed by atoms with Gasteiger partial charge in [-0.15, -0.1) is 0 Å². The third-order valence-electron chi connectivity index (χ3n) is 5.92. The lowest BCUT2D eigenvalue weighted by Gasteiger charge is -2.29. The molecule has 0 aromatic carbocycles. The van der Waals surface area contributed by atoms with Crippen molar-refractivity contribution in [1.82, 2.24) is 14.9 Å². The van der Waals surface area contributed by atoms with Gasteiger partial charge in [-0.3, -0.25) is 4.99 Å². The van der Waals surface area contributed by atoms with E-state index in [0.717, 1.165) is 47.5 Å². The molecule has 2 aliphatic heterocycles. The topological polar surface area (TPSA) is 84.2 Å². The highest BCUT2D eigenvalue weighted by Crippen LogP contribution is 2.30. The Morgan fingerprint density at radius 2 is 1.97 bits per heavy atom. The van der Waals surface area contributed by atoms with Gasteiger partial charge in [-0.25, -0.2) is 15.0 Å². The van der Waals surface area contributed by atoms with Crippen LogP contribution in [0, 0.1) is 19.8 Å². The lowest BCUT2D eigenvalue weighted by Crippen LogP contribution is -2.35. The van der Waals surface area contributed by atoms with Crippen LogP contribution in [0.25, 0.3) is 0 Å². The van der Waals surface area contributed by atoms with E-state index >= 15 is 0 Å². The van der Waals surface area contributed by atoms with Gasteiger partial charge in [-0.1, -0.05) is 6.42 Å². The molecule has 2 unspecified atom stereocenters. The summed E-state index contributed by atoms with van der Waals surface area (Å²) in [6.07, 6.45) is 12.5. The number of aromatic nitrogens is 2. The molecule has 1 fully saturated rings. The number of hydrogen-bond acceptors (Lipinski definition) is 8. The van der Waals surface area contributed by atoms with Crippen LogP contribution >= 0.6 is 0 Å². The molecule has 1 aromatic rings. The number of rotatable bonds is 7. The van der Waals surface area contributed by atoms with Gasteiger partial charge in [0.1, 0.15) is 18.0 Å². The first-order valence-corrected chi connectivity index (χ1v) is 11.1. The number of hydrogen-bond donors (Lipinski definition) is 1. The van der Waals surface area contributed by atoms with Crippen LogP contribution in [-0.4, -0.2) is 66.4 Å². The Balaban J connectivity index is 1.38. The summed E-state index contributed by atoms with van der Waals surface area (Å²) in [4.78, 5) is 20.3. The van der Waals surface area contributed by atoms with Gasteiger partial charge < -0.3 is 19.7 Å². The molecule has 1 N–H and O–H groups in total. The Labute approximate surface area is 184 Å². The van der Waals surface area contributed by atoms with Gasteiger partial charge in [0.15, 0.2) is 11.5 Å². The first-order valence-electron chi connectivity index (χ1n) is 11.1. The lowest BCUT2D eigenvalue weighted by molar-refractivity contribution is 0.149. The largest absolute Gasteiger partial charge is 0.493 e. The van der Waals surface area contributed by atoms with E-state index in [4.69, 9.17) is 9.47 Å². The molecular weight excluding hydrogens is 392 g/mol. The van der Waals surface area contributed by atoms with Crippen LogP contribution in [0.1, 0.15) is 37.2 Å². The third-order valence-corrected chi connectivity index (χ3v) is 5.92. The molecule has 4 rings (SSSR count). The second kappa shape index (κ2) is 10.0. The molecule has 0 spiro atoms. The second-order valence-electron chi connectivity index (χ2n) is 8.21. The summed E-state index contributed by atoms with van der Waals surface area (Å²) >= 11 is 0. The maximum absolute atomic E-state index is 6.10. The number of methoxy groups -OCH3 is 1. The fourth-order valence-electron chi connectivity index (χ4n) is 4.22. The number of likely N-dealkylation sites (tertiary alicyclic amines) is 1. The first-order chi connectivity index (χ1) is 15.1. The number of aliphatic imine (C=N–C) groups is 2. The van der Waals surface area contributed by atoms with E-state index in [1.165, 1.54) is 32.4 Å². The predicted molar refractivity (Wildman–Crippen MR) is 122 cm³/mol. The number of aryl methyl sites for hydroxylation is 2. The normalized spacial score (nSPS) is 23.4. The summed E-state index contributed by atoms with van der Waals surface area (Å²) in [7, 11) is 1.67. The number of anilines is 1. The SMILES string of the molecule is COC1=CC2C(Nc3cnc(C)nc3C)=NC=NC2C=C1OCCCN1CCCCC1. The van der Waals surface area contributed by atoms with Crippen molar-refractivity contribution in [1.29, 1.82) is 0 Å². The number of amidine groups is 1. The molecule has 3 heterocycles. The lowest BCUT2D eigenvalue weighted by atomic mass is 9.91. The Kier molecular flexibility index (Phi) is 6.96. The number of nitrogens with zero attached hydrogens (tertiary/aromatic N) is 5. The summed E-state index contributed by atoms with van der Waals surface area (Å²) in [6, 6.07) is -0.0809. The summed E-state index contributed by atoms with van der Waals surface area (Å²) in [5.41, 5.74) is 1.73. The van der Waals surface area contributed by atoms with Crippen LogP contribution in [0.4, 0.5) is 5.69 Å². The van der Waals surface area contributed by atoms with Gasteiger partial charge in [0.05, 0.1) is 43.3 Å². The highest BCUT2D eigenvalue weighted by molar-refractivity contribution is 6.04. The molecule has 0 saturated carbocycles. The van der Waals surface area contributed by atoms with Crippen LogP contribution < -0.4 is 5.32 Å². The van der Waals surface area contributed by atoms with Crippen LogP contribution in [0.2, 0.25) is 0 Å². The highest BCUT2D eigenvalue weighted by atomic mass is 16.5. The maximum atomic E-state index is 6.10. The van der Waals surface area contributed by atoms with Gasteiger partial charge >= 0.3 is 0 Å². The van der Waals surface area contributed by atoms with Crippen LogP contribution in [0.5, 0.6) is 0 Å².